The van der Waals surface area contributed by atoms with Crippen molar-refractivity contribution in [1.82, 2.24) is 9.97 Å². The van der Waals surface area contributed by atoms with Crippen molar-refractivity contribution in [3.63, 3.8) is 0 Å². The summed E-state index contributed by atoms with van der Waals surface area (Å²) in [6, 6.07) is 6.23. The van der Waals surface area contributed by atoms with Gasteiger partial charge < -0.3 is 4.98 Å². The van der Waals surface area contributed by atoms with Crippen LogP contribution >= 0.6 is 23.4 Å². The summed E-state index contributed by atoms with van der Waals surface area (Å²) in [6.07, 6.45) is 0. The van der Waals surface area contributed by atoms with Crippen molar-refractivity contribution in [1.29, 1.82) is 5.26 Å². The van der Waals surface area contributed by atoms with E-state index >= 15 is 0 Å². The standard InChI is InChI=1S/C16H15ClFN3OS/c1-8(2)23-16-20-14(9(3)15(22)21-16)10(7-19)13-11(17)5-4-6-12(13)18/h4-6,8,10H,1-3H3,(H,20,21,22). The van der Waals surface area contributed by atoms with Gasteiger partial charge >= 0.3 is 0 Å². The maximum atomic E-state index is 14.2. The second kappa shape index (κ2) is 7.16. The minimum Gasteiger partial charge on any atom is -0.301 e. The van der Waals surface area contributed by atoms with E-state index in [1.54, 1.807) is 6.92 Å². The van der Waals surface area contributed by atoms with Crippen LogP contribution < -0.4 is 5.56 Å². The molecule has 0 amide bonds. The number of aromatic nitrogens is 2. The van der Waals surface area contributed by atoms with Crippen molar-refractivity contribution in [2.45, 2.75) is 37.1 Å². The Morgan fingerprint density at radius 3 is 2.70 bits per heavy atom. The van der Waals surface area contributed by atoms with Crippen molar-refractivity contribution in [3.8, 4) is 6.07 Å². The molecule has 0 aliphatic carbocycles. The van der Waals surface area contributed by atoms with E-state index in [9.17, 15) is 14.4 Å². The molecule has 1 aromatic carbocycles. The first-order valence-corrected chi connectivity index (χ1v) is 8.22. The summed E-state index contributed by atoms with van der Waals surface area (Å²) in [5.74, 6) is -1.64. The summed E-state index contributed by atoms with van der Waals surface area (Å²) < 4.78 is 14.2. The molecule has 0 bridgehead atoms. The zero-order chi connectivity index (χ0) is 17.1. The van der Waals surface area contributed by atoms with Gasteiger partial charge in [-0.1, -0.05) is 43.3 Å². The lowest BCUT2D eigenvalue weighted by Gasteiger charge is -2.15. The molecule has 0 saturated heterocycles. The molecule has 0 spiro atoms. The third-order valence-corrected chi connectivity index (χ3v) is 4.42. The van der Waals surface area contributed by atoms with Crippen LogP contribution in [-0.2, 0) is 0 Å². The van der Waals surface area contributed by atoms with Crippen LogP contribution in [0.5, 0.6) is 0 Å². The number of H-pyrrole nitrogens is 1. The molecule has 1 aromatic heterocycles. The number of rotatable bonds is 4. The fourth-order valence-electron chi connectivity index (χ4n) is 2.14. The average molecular weight is 352 g/mol. The zero-order valence-electron chi connectivity index (χ0n) is 12.9. The number of hydrogen-bond acceptors (Lipinski definition) is 4. The predicted octanol–water partition coefficient (Wildman–Crippen LogP) is 4.03. The van der Waals surface area contributed by atoms with Gasteiger partial charge in [-0.05, 0) is 19.1 Å². The number of benzene rings is 1. The van der Waals surface area contributed by atoms with E-state index in [4.69, 9.17) is 11.6 Å². The van der Waals surface area contributed by atoms with Crippen LogP contribution in [0, 0.1) is 24.1 Å². The molecule has 0 saturated carbocycles. The van der Waals surface area contributed by atoms with Gasteiger partial charge in [-0.3, -0.25) is 4.79 Å². The summed E-state index contributed by atoms with van der Waals surface area (Å²) in [6.45, 7) is 5.48. The van der Waals surface area contributed by atoms with Crippen LogP contribution in [-0.4, -0.2) is 15.2 Å². The Kier molecular flexibility index (Phi) is 5.45. The third-order valence-electron chi connectivity index (χ3n) is 3.21. The number of nitriles is 1. The summed E-state index contributed by atoms with van der Waals surface area (Å²) >= 11 is 7.42. The van der Waals surface area contributed by atoms with E-state index in [0.717, 1.165) is 0 Å². The highest BCUT2D eigenvalue weighted by Crippen LogP contribution is 2.32. The highest BCUT2D eigenvalue weighted by atomic mass is 35.5. The van der Waals surface area contributed by atoms with Crippen LogP contribution in [0.15, 0.2) is 28.2 Å². The van der Waals surface area contributed by atoms with Crippen molar-refractivity contribution >= 4 is 23.4 Å². The Morgan fingerprint density at radius 2 is 2.13 bits per heavy atom. The first kappa shape index (κ1) is 17.5. The van der Waals surface area contributed by atoms with E-state index in [1.165, 1.54) is 30.0 Å². The van der Waals surface area contributed by atoms with Crippen molar-refractivity contribution in [2.75, 3.05) is 0 Å². The molecule has 7 heteroatoms. The number of halogens is 2. The van der Waals surface area contributed by atoms with E-state index in [2.05, 4.69) is 9.97 Å². The molecule has 0 aliphatic heterocycles. The molecule has 4 nitrogen and oxygen atoms in total. The number of nitrogens with one attached hydrogen (secondary N) is 1. The fraction of sp³-hybridized carbons (Fsp3) is 0.312. The molecular weight excluding hydrogens is 337 g/mol. The predicted molar refractivity (Wildman–Crippen MR) is 89.5 cm³/mol. The second-order valence-corrected chi connectivity index (χ2v) is 7.22. The molecule has 2 aromatic rings. The SMILES string of the molecule is Cc1c(C(C#N)c2c(F)cccc2Cl)nc(SC(C)C)[nH]c1=O. The highest BCUT2D eigenvalue weighted by Gasteiger charge is 2.25. The van der Waals surface area contributed by atoms with Gasteiger partial charge in [-0.2, -0.15) is 5.26 Å². The molecule has 1 N–H and O–H groups in total. The normalized spacial score (nSPS) is 12.2. The molecule has 2 rings (SSSR count). The number of hydrogen-bond donors (Lipinski definition) is 1. The second-order valence-electron chi connectivity index (χ2n) is 5.25. The van der Waals surface area contributed by atoms with Gasteiger partial charge in [0.15, 0.2) is 5.16 Å². The maximum Gasteiger partial charge on any atom is 0.254 e. The Labute approximate surface area is 142 Å². The number of nitrogens with zero attached hydrogens (tertiary/aromatic N) is 2. The van der Waals surface area contributed by atoms with Crippen LogP contribution in [0.2, 0.25) is 5.02 Å². The molecule has 1 unspecified atom stereocenters. The molecule has 23 heavy (non-hydrogen) atoms. The Hall–Kier alpha value is -1.84. The lowest BCUT2D eigenvalue weighted by atomic mass is 9.94. The summed E-state index contributed by atoms with van der Waals surface area (Å²) in [5.41, 5.74) is 0.208. The van der Waals surface area contributed by atoms with Crippen LogP contribution in [0.25, 0.3) is 0 Å². The van der Waals surface area contributed by atoms with Gasteiger partial charge in [0.05, 0.1) is 11.8 Å². The van der Waals surface area contributed by atoms with Gasteiger partial charge in [0.1, 0.15) is 11.7 Å². The van der Waals surface area contributed by atoms with Crippen molar-refractivity contribution in [2.24, 2.45) is 0 Å². The largest absolute Gasteiger partial charge is 0.301 e. The summed E-state index contributed by atoms with van der Waals surface area (Å²) in [5, 5.41) is 10.3. The lowest BCUT2D eigenvalue weighted by molar-refractivity contribution is 0.606. The number of thioether (sulfide) groups is 1. The minimum absolute atomic E-state index is 0.0402. The molecule has 0 radical (unpaired) electrons. The maximum absolute atomic E-state index is 14.2. The van der Waals surface area contributed by atoms with Gasteiger partial charge in [0, 0.05) is 21.4 Å². The summed E-state index contributed by atoms with van der Waals surface area (Å²) in [4.78, 5) is 19.1. The monoisotopic (exact) mass is 351 g/mol. The number of aromatic amines is 1. The van der Waals surface area contributed by atoms with Crippen LogP contribution in [0.4, 0.5) is 4.39 Å². The highest BCUT2D eigenvalue weighted by molar-refractivity contribution is 7.99. The van der Waals surface area contributed by atoms with Gasteiger partial charge in [0.2, 0.25) is 0 Å². The molecule has 0 aliphatic rings. The molecule has 1 heterocycles. The first-order chi connectivity index (χ1) is 10.8. The first-order valence-electron chi connectivity index (χ1n) is 6.96. The van der Waals surface area contributed by atoms with E-state index in [0.29, 0.717) is 5.16 Å². The van der Waals surface area contributed by atoms with Crippen molar-refractivity contribution < 1.29 is 4.39 Å². The van der Waals surface area contributed by atoms with Gasteiger partial charge in [-0.15, -0.1) is 0 Å². The smallest absolute Gasteiger partial charge is 0.254 e. The molecular formula is C16H15ClFN3OS. The van der Waals surface area contributed by atoms with Gasteiger partial charge in [0.25, 0.3) is 5.56 Å². The molecule has 0 fully saturated rings. The van der Waals surface area contributed by atoms with Gasteiger partial charge in [-0.25, -0.2) is 9.37 Å². The molecule has 1 atom stereocenters. The van der Waals surface area contributed by atoms with Crippen molar-refractivity contribution in [3.05, 3.63) is 56.2 Å². The Balaban J connectivity index is 2.65. The topological polar surface area (TPSA) is 69.5 Å². The van der Waals surface area contributed by atoms with E-state index in [1.807, 2.05) is 19.9 Å². The average Bonchev–Trinajstić information content (AvgIpc) is 2.46. The lowest BCUT2D eigenvalue weighted by Crippen LogP contribution is -2.19. The summed E-state index contributed by atoms with van der Waals surface area (Å²) in [7, 11) is 0. The Morgan fingerprint density at radius 1 is 1.43 bits per heavy atom. The zero-order valence-corrected chi connectivity index (χ0v) is 14.4. The third kappa shape index (κ3) is 3.74. The van der Waals surface area contributed by atoms with E-state index in [-0.39, 0.29) is 32.7 Å². The fourth-order valence-corrected chi connectivity index (χ4v) is 3.16. The van der Waals surface area contributed by atoms with E-state index < -0.39 is 11.7 Å². The van der Waals surface area contributed by atoms with Crippen LogP contribution in [0.3, 0.4) is 0 Å². The minimum atomic E-state index is -1.04. The molecule has 120 valence electrons. The Bertz CT molecular complexity index is 809. The van der Waals surface area contributed by atoms with Crippen LogP contribution in [0.1, 0.15) is 36.6 Å². The quantitative estimate of drug-likeness (QED) is 0.667.